The van der Waals surface area contributed by atoms with Gasteiger partial charge in [0.15, 0.2) is 0 Å². The van der Waals surface area contributed by atoms with Gasteiger partial charge in [-0.1, -0.05) is 40.5 Å². The molecule has 0 radical (unpaired) electrons. The minimum atomic E-state index is -0.496. The van der Waals surface area contributed by atoms with E-state index in [-0.39, 0.29) is 17.2 Å². The third-order valence-electron chi connectivity index (χ3n) is 2.52. The molecule has 1 atom stereocenters. The molecule has 0 aliphatic rings. The largest absolute Gasteiger partial charge is 0.368 e. The predicted molar refractivity (Wildman–Crippen MR) is 71.3 cm³/mol. The van der Waals surface area contributed by atoms with Crippen LogP contribution >= 0.6 is 12.8 Å². The van der Waals surface area contributed by atoms with Crippen LogP contribution in [0.2, 0.25) is 0 Å². The van der Waals surface area contributed by atoms with Crippen LogP contribution in [0.4, 0.5) is 0 Å². The van der Waals surface area contributed by atoms with Crippen LogP contribution in [0.15, 0.2) is 0 Å². The normalized spacial score (nSPS) is 13.5. The Bertz CT molecular complexity index is 280. The molecule has 6 heteroatoms. The van der Waals surface area contributed by atoms with Crippen molar-refractivity contribution in [2.75, 3.05) is 6.54 Å². The van der Waals surface area contributed by atoms with Crippen molar-refractivity contribution >= 4 is 24.6 Å². The highest BCUT2D eigenvalue weighted by atomic mass is 32.1. The van der Waals surface area contributed by atoms with Crippen molar-refractivity contribution in [3.8, 4) is 0 Å². The van der Waals surface area contributed by atoms with Crippen LogP contribution in [-0.2, 0) is 9.59 Å². The molecule has 0 aliphatic heterocycles. The molecule has 0 heterocycles. The van der Waals surface area contributed by atoms with Crippen molar-refractivity contribution in [2.24, 2.45) is 17.1 Å². The Labute approximate surface area is 108 Å². The molecule has 0 aromatic rings. The van der Waals surface area contributed by atoms with Crippen molar-refractivity contribution < 1.29 is 9.59 Å². The first-order valence-electron chi connectivity index (χ1n) is 5.66. The monoisotopic (exact) mass is 261 g/mol. The Morgan fingerprint density at radius 1 is 1.35 bits per heavy atom. The highest BCUT2D eigenvalue weighted by molar-refractivity contribution is 7.78. The Morgan fingerprint density at radius 2 is 1.88 bits per heavy atom. The van der Waals surface area contributed by atoms with Crippen LogP contribution in [-0.4, -0.2) is 24.4 Å². The van der Waals surface area contributed by atoms with Gasteiger partial charge >= 0.3 is 0 Å². The second-order valence-corrected chi connectivity index (χ2v) is 5.58. The van der Waals surface area contributed by atoms with E-state index in [1.54, 1.807) is 0 Å². The topological polar surface area (TPSA) is 84.2 Å². The lowest BCUT2D eigenvalue weighted by molar-refractivity contribution is -0.124. The maximum atomic E-state index is 11.4. The average Bonchev–Trinajstić information content (AvgIpc) is 2.22. The summed E-state index contributed by atoms with van der Waals surface area (Å²) < 4.78 is 2.58. The molecule has 0 bridgehead atoms. The number of nitrogens with two attached hydrogens (primary N) is 1. The van der Waals surface area contributed by atoms with Gasteiger partial charge < -0.3 is 11.1 Å². The molecular weight excluding hydrogens is 238 g/mol. The molecule has 0 aromatic carbocycles. The zero-order valence-electron chi connectivity index (χ0n) is 10.9. The van der Waals surface area contributed by atoms with Crippen LogP contribution in [0.1, 0.15) is 34.1 Å². The van der Waals surface area contributed by atoms with Gasteiger partial charge in [0.05, 0.1) is 6.04 Å². The lowest BCUT2D eigenvalue weighted by Gasteiger charge is -2.28. The SMILES string of the molecule is CC(C)C(=O)NCC(C)(C)CC(NS)C(N)=O. The van der Waals surface area contributed by atoms with Crippen LogP contribution < -0.4 is 15.8 Å². The molecule has 0 fully saturated rings. The molecule has 4 N–H and O–H groups in total. The number of carbonyl (C=O) groups excluding carboxylic acids is 2. The van der Waals surface area contributed by atoms with Gasteiger partial charge in [0.1, 0.15) is 0 Å². The number of carbonyl (C=O) groups is 2. The molecule has 5 nitrogen and oxygen atoms in total. The van der Waals surface area contributed by atoms with Gasteiger partial charge in [0, 0.05) is 12.5 Å². The number of amides is 2. The Balaban J connectivity index is 4.28. The molecular formula is C11H23N3O2S. The van der Waals surface area contributed by atoms with Crippen molar-refractivity contribution in [3.63, 3.8) is 0 Å². The van der Waals surface area contributed by atoms with E-state index in [4.69, 9.17) is 5.73 Å². The highest BCUT2D eigenvalue weighted by Crippen LogP contribution is 2.21. The second-order valence-electron chi connectivity index (χ2n) is 5.32. The van der Waals surface area contributed by atoms with E-state index < -0.39 is 11.9 Å². The van der Waals surface area contributed by atoms with E-state index in [1.807, 2.05) is 27.7 Å². The van der Waals surface area contributed by atoms with Crippen molar-refractivity contribution in [1.29, 1.82) is 0 Å². The molecule has 0 aromatic heterocycles. The van der Waals surface area contributed by atoms with Gasteiger partial charge in [-0.25, -0.2) is 0 Å². The number of hydrogen-bond donors (Lipinski definition) is 4. The molecule has 0 aliphatic carbocycles. The highest BCUT2D eigenvalue weighted by Gasteiger charge is 2.26. The summed E-state index contributed by atoms with van der Waals surface area (Å²) in [6.07, 6.45) is 0.518. The fraction of sp³-hybridized carbons (Fsp3) is 0.818. The van der Waals surface area contributed by atoms with Gasteiger partial charge in [-0.05, 0) is 11.8 Å². The first-order chi connectivity index (χ1) is 7.69. The smallest absolute Gasteiger partial charge is 0.235 e. The fourth-order valence-corrected chi connectivity index (χ4v) is 1.58. The third-order valence-corrected chi connectivity index (χ3v) is 2.83. The van der Waals surface area contributed by atoms with Crippen molar-refractivity contribution in [3.05, 3.63) is 0 Å². The average molecular weight is 261 g/mol. The van der Waals surface area contributed by atoms with Crippen LogP contribution in [0.3, 0.4) is 0 Å². The number of thiol groups is 1. The Hall–Kier alpha value is -0.750. The van der Waals surface area contributed by atoms with E-state index in [9.17, 15) is 9.59 Å². The molecule has 0 saturated heterocycles. The second kappa shape index (κ2) is 6.86. The summed E-state index contributed by atoms with van der Waals surface area (Å²) in [6.45, 7) is 8.11. The zero-order valence-corrected chi connectivity index (χ0v) is 11.8. The first-order valence-corrected chi connectivity index (χ1v) is 6.11. The summed E-state index contributed by atoms with van der Waals surface area (Å²) in [5.74, 6) is -0.475. The number of primary amides is 1. The van der Waals surface area contributed by atoms with Crippen LogP contribution in [0.25, 0.3) is 0 Å². The maximum absolute atomic E-state index is 11.4. The molecule has 1 unspecified atom stereocenters. The van der Waals surface area contributed by atoms with E-state index in [0.29, 0.717) is 13.0 Å². The molecule has 0 saturated carbocycles. The predicted octanol–water partition coefficient (Wildman–Crippen LogP) is 0.463. The van der Waals surface area contributed by atoms with E-state index in [2.05, 4.69) is 22.9 Å². The van der Waals surface area contributed by atoms with Crippen molar-refractivity contribution in [2.45, 2.75) is 40.2 Å². The lowest BCUT2D eigenvalue weighted by atomic mass is 9.85. The zero-order chi connectivity index (χ0) is 13.6. The summed E-state index contributed by atoms with van der Waals surface area (Å²) in [5.41, 5.74) is 5.00. The summed E-state index contributed by atoms with van der Waals surface area (Å²) in [7, 11) is 0. The molecule has 0 rings (SSSR count). The lowest BCUT2D eigenvalue weighted by Crippen LogP contribution is -2.44. The van der Waals surface area contributed by atoms with Gasteiger partial charge in [-0.3, -0.25) is 14.3 Å². The molecule has 2 amide bonds. The summed E-state index contributed by atoms with van der Waals surface area (Å²) >= 11 is 3.87. The standard InChI is InChI=1S/C11H23N3O2S/c1-7(2)10(16)13-6-11(3,4)5-8(14-17)9(12)15/h7-8,14,17H,5-6H2,1-4H3,(H2,12,15)(H,13,16). The summed E-state index contributed by atoms with van der Waals surface area (Å²) in [5, 5.41) is 2.85. The molecule has 17 heavy (non-hydrogen) atoms. The number of rotatable bonds is 7. The van der Waals surface area contributed by atoms with Crippen LogP contribution in [0, 0.1) is 11.3 Å². The Morgan fingerprint density at radius 3 is 2.24 bits per heavy atom. The van der Waals surface area contributed by atoms with Gasteiger partial charge in [-0.2, -0.15) is 0 Å². The van der Waals surface area contributed by atoms with Crippen LogP contribution in [0.5, 0.6) is 0 Å². The van der Waals surface area contributed by atoms with Crippen molar-refractivity contribution in [1.82, 2.24) is 10.0 Å². The van der Waals surface area contributed by atoms with E-state index >= 15 is 0 Å². The van der Waals surface area contributed by atoms with Gasteiger partial charge in [-0.15, -0.1) is 0 Å². The minimum absolute atomic E-state index is 0.00697. The van der Waals surface area contributed by atoms with Gasteiger partial charge in [0.2, 0.25) is 11.8 Å². The number of nitrogens with one attached hydrogen (secondary N) is 2. The summed E-state index contributed by atoms with van der Waals surface area (Å²) in [4.78, 5) is 22.5. The quantitative estimate of drug-likeness (QED) is 0.502. The third kappa shape index (κ3) is 6.53. The first kappa shape index (κ1) is 16.2. The van der Waals surface area contributed by atoms with E-state index in [1.165, 1.54) is 0 Å². The number of hydrogen-bond acceptors (Lipinski definition) is 4. The van der Waals surface area contributed by atoms with E-state index in [0.717, 1.165) is 0 Å². The molecule has 100 valence electrons. The minimum Gasteiger partial charge on any atom is -0.368 e. The van der Waals surface area contributed by atoms with Gasteiger partial charge in [0.25, 0.3) is 0 Å². The summed E-state index contributed by atoms with van der Waals surface area (Å²) in [6, 6.07) is -0.496. The Kier molecular flexibility index (Phi) is 6.56. The fourth-order valence-electron chi connectivity index (χ4n) is 1.37. The molecule has 0 spiro atoms. The maximum Gasteiger partial charge on any atom is 0.235 e.